The lowest BCUT2D eigenvalue weighted by atomic mass is 9.89. The summed E-state index contributed by atoms with van der Waals surface area (Å²) in [7, 11) is 1.58. The summed E-state index contributed by atoms with van der Waals surface area (Å²) in [6.45, 7) is 5.52. The van der Waals surface area contributed by atoms with Gasteiger partial charge in [0, 0.05) is 37.7 Å². The molecular weight excluding hydrogens is 419 g/mol. The molecule has 0 bridgehead atoms. The van der Waals surface area contributed by atoms with Crippen LogP contribution in [0.5, 0.6) is 5.75 Å². The van der Waals surface area contributed by atoms with Gasteiger partial charge < -0.3 is 14.8 Å². The Bertz CT molecular complexity index is 941. The van der Waals surface area contributed by atoms with E-state index in [9.17, 15) is 9.18 Å². The van der Waals surface area contributed by atoms with E-state index in [2.05, 4.69) is 17.1 Å². The fourth-order valence-electron chi connectivity index (χ4n) is 5.10. The maximum atomic E-state index is 13.8. The first-order chi connectivity index (χ1) is 16.0. The van der Waals surface area contributed by atoms with Gasteiger partial charge in [0.1, 0.15) is 11.6 Å². The third-order valence-corrected chi connectivity index (χ3v) is 7.06. The molecular formula is C27H35FN2O3. The van der Waals surface area contributed by atoms with Crippen molar-refractivity contribution in [2.75, 3.05) is 33.4 Å². The Balaban J connectivity index is 1.41. The smallest absolute Gasteiger partial charge is 0.252 e. The van der Waals surface area contributed by atoms with Crippen molar-refractivity contribution in [3.63, 3.8) is 0 Å². The van der Waals surface area contributed by atoms with Gasteiger partial charge in [0.25, 0.3) is 5.91 Å². The normalized spacial score (nSPS) is 23.4. The molecule has 2 saturated heterocycles. The highest BCUT2D eigenvalue weighted by Gasteiger charge is 2.42. The molecule has 2 heterocycles. The van der Waals surface area contributed by atoms with E-state index < -0.39 is 5.60 Å². The highest BCUT2D eigenvalue weighted by molar-refractivity contribution is 5.86. The fraction of sp³-hybridized carbons (Fsp3) is 0.519. The third-order valence-electron chi connectivity index (χ3n) is 7.06. The Morgan fingerprint density at radius 2 is 2.03 bits per heavy atom. The number of amides is 1. The van der Waals surface area contributed by atoms with E-state index in [1.165, 1.54) is 31.4 Å². The summed E-state index contributed by atoms with van der Waals surface area (Å²) in [5.41, 5.74) is 1.79. The average molecular weight is 455 g/mol. The van der Waals surface area contributed by atoms with Crippen molar-refractivity contribution >= 4 is 5.91 Å². The molecule has 0 unspecified atom stereocenters. The zero-order valence-electron chi connectivity index (χ0n) is 19.7. The van der Waals surface area contributed by atoms with E-state index in [-0.39, 0.29) is 11.7 Å². The van der Waals surface area contributed by atoms with Crippen LogP contribution in [0.1, 0.15) is 44.6 Å². The van der Waals surface area contributed by atoms with Crippen molar-refractivity contribution in [3.05, 3.63) is 53.8 Å². The summed E-state index contributed by atoms with van der Waals surface area (Å²) in [5.74, 6) is 0.312. The molecule has 2 aromatic carbocycles. The van der Waals surface area contributed by atoms with E-state index in [4.69, 9.17) is 9.47 Å². The summed E-state index contributed by atoms with van der Waals surface area (Å²) in [6.07, 6.45) is 5.90. The van der Waals surface area contributed by atoms with E-state index >= 15 is 0 Å². The molecule has 5 nitrogen and oxygen atoms in total. The number of hydrogen-bond acceptors (Lipinski definition) is 4. The predicted octanol–water partition coefficient (Wildman–Crippen LogP) is 4.58. The van der Waals surface area contributed by atoms with Crippen LogP contribution in [0.3, 0.4) is 0 Å². The van der Waals surface area contributed by atoms with Crippen LogP contribution in [0, 0.1) is 5.82 Å². The Hall–Kier alpha value is -2.44. The summed E-state index contributed by atoms with van der Waals surface area (Å²) in [6, 6.07) is 13.0. The van der Waals surface area contributed by atoms with Crippen LogP contribution in [0.15, 0.2) is 42.5 Å². The van der Waals surface area contributed by atoms with Gasteiger partial charge in [0.2, 0.25) is 0 Å². The first kappa shape index (κ1) is 23.7. The second-order valence-electron chi connectivity index (χ2n) is 9.30. The van der Waals surface area contributed by atoms with Crippen molar-refractivity contribution < 1.29 is 18.7 Å². The Labute approximate surface area is 196 Å². The van der Waals surface area contributed by atoms with Crippen LogP contribution in [0.4, 0.5) is 4.39 Å². The SMILES string of the molecule is COc1ccc(F)cc1-c1ccc(C[C@]2(C(=O)NCCN3CCCC[C@@H]3C)CCCO2)cc1. The minimum Gasteiger partial charge on any atom is -0.496 e. The Morgan fingerprint density at radius 3 is 2.73 bits per heavy atom. The molecule has 2 aliphatic heterocycles. The predicted molar refractivity (Wildman–Crippen MR) is 128 cm³/mol. The van der Waals surface area contributed by atoms with Crippen LogP contribution < -0.4 is 10.1 Å². The summed E-state index contributed by atoms with van der Waals surface area (Å²) in [4.78, 5) is 15.7. The molecule has 2 aromatic rings. The van der Waals surface area contributed by atoms with Gasteiger partial charge in [-0.1, -0.05) is 30.7 Å². The molecule has 0 aromatic heterocycles. The number of carbonyl (C=O) groups excluding carboxylic acids is 1. The van der Waals surface area contributed by atoms with E-state index in [0.29, 0.717) is 36.9 Å². The van der Waals surface area contributed by atoms with Gasteiger partial charge in [0.15, 0.2) is 5.60 Å². The number of hydrogen-bond donors (Lipinski definition) is 1. The second-order valence-corrected chi connectivity index (χ2v) is 9.30. The summed E-state index contributed by atoms with van der Waals surface area (Å²) >= 11 is 0. The number of rotatable bonds is 8. The first-order valence-corrected chi connectivity index (χ1v) is 12.1. The largest absolute Gasteiger partial charge is 0.496 e. The Morgan fingerprint density at radius 1 is 1.21 bits per heavy atom. The van der Waals surface area contributed by atoms with Gasteiger partial charge in [0.05, 0.1) is 7.11 Å². The molecule has 0 aliphatic carbocycles. The summed E-state index contributed by atoms with van der Waals surface area (Å²) in [5, 5.41) is 3.15. The van der Waals surface area contributed by atoms with Crippen LogP contribution in [0.2, 0.25) is 0 Å². The quantitative estimate of drug-likeness (QED) is 0.634. The molecule has 2 atom stereocenters. The first-order valence-electron chi connectivity index (χ1n) is 12.1. The molecule has 2 fully saturated rings. The van der Waals surface area contributed by atoms with Crippen LogP contribution in [-0.2, 0) is 16.0 Å². The monoisotopic (exact) mass is 454 g/mol. The fourth-order valence-corrected chi connectivity index (χ4v) is 5.10. The minimum atomic E-state index is -0.814. The lowest BCUT2D eigenvalue weighted by Crippen LogP contribution is -2.50. The number of likely N-dealkylation sites (tertiary alicyclic amines) is 1. The standard InChI is InChI=1S/C27H35FN2O3/c1-20-6-3-4-15-30(20)16-14-29-26(31)27(13-5-17-33-27)19-21-7-9-22(10-8-21)24-18-23(28)11-12-25(24)32-2/h7-12,18,20H,3-6,13-17,19H2,1-2H3,(H,29,31)/t20-,27-/m0/s1. The molecule has 2 aliphatic rings. The molecule has 1 amide bonds. The molecule has 0 radical (unpaired) electrons. The number of benzene rings is 2. The van der Waals surface area contributed by atoms with Crippen molar-refractivity contribution in [1.82, 2.24) is 10.2 Å². The molecule has 33 heavy (non-hydrogen) atoms. The molecule has 4 rings (SSSR count). The Kier molecular flexibility index (Phi) is 7.66. The zero-order chi connectivity index (χ0) is 23.3. The van der Waals surface area contributed by atoms with Gasteiger partial charge in [-0.05, 0) is 68.5 Å². The number of carbonyl (C=O) groups is 1. The van der Waals surface area contributed by atoms with Gasteiger partial charge >= 0.3 is 0 Å². The highest BCUT2D eigenvalue weighted by atomic mass is 19.1. The lowest BCUT2D eigenvalue weighted by Gasteiger charge is -2.34. The van der Waals surface area contributed by atoms with Crippen LogP contribution >= 0.6 is 0 Å². The molecule has 6 heteroatoms. The van der Waals surface area contributed by atoms with Gasteiger partial charge in [-0.15, -0.1) is 0 Å². The molecule has 0 spiro atoms. The highest BCUT2D eigenvalue weighted by Crippen LogP contribution is 2.33. The van der Waals surface area contributed by atoms with Crippen LogP contribution in [0.25, 0.3) is 11.1 Å². The van der Waals surface area contributed by atoms with Crippen molar-refractivity contribution in [2.45, 2.75) is 57.1 Å². The van der Waals surface area contributed by atoms with Crippen molar-refractivity contribution in [1.29, 1.82) is 0 Å². The topological polar surface area (TPSA) is 50.8 Å². The maximum Gasteiger partial charge on any atom is 0.252 e. The molecule has 178 valence electrons. The summed E-state index contributed by atoms with van der Waals surface area (Å²) < 4.78 is 25.2. The number of piperidine rings is 1. The number of methoxy groups -OCH3 is 1. The van der Waals surface area contributed by atoms with Crippen LogP contribution in [-0.4, -0.2) is 55.8 Å². The molecule has 0 saturated carbocycles. The van der Waals surface area contributed by atoms with E-state index in [0.717, 1.165) is 37.1 Å². The average Bonchev–Trinajstić information content (AvgIpc) is 3.30. The molecule has 1 N–H and O–H groups in total. The number of ether oxygens (including phenoxy) is 2. The lowest BCUT2D eigenvalue weighted by molar-refractivity contribution is -0.141. The number of halogens is 1. The number of nitrogens with one attached hydrogen (secondary N) is 1. The van der Waals surface area contributed by atoms with Crippen molar-refractivity contribution in [2.24, 2.45) is 0 Å². The maximum absolute atomic E-state index is 13.8. The van der Waals surface area contributed by atoms with E-state index in [1.807, 2.05) is 24.3 Å². The minimum absolute atomic E-state index is 0.0134. The second kappa shape index (κ2) is 10.7. The zero-order valence-corrected chi connectivity index (χ0v) is 19.7. The third kappa shape index (κ3) is 5.56. The van der Waals surface area contributed by atoms with Gasteiger partial charge in [-0.3, -0.25) is 9.69 Å². The van der Waals surface area contributed by atoms with Crippen molar-refractivity contribution in [3.8, 4) is 16.9 Å². The van der Waals surface area contributed by atoms with Gasteiger partial charge in [-0.25, -0.2) is 4.39 Å². The van der Waals surface area contributed by atoms with E-state index in [1.54, 1.807) is 13.2 Å². The van der Waals surface area contributed by atoms with Gasteiger partial charge in [-0.2, -0.15) is 0 Å². The number of nitrogens with zero attached hydrogens (tertiary/aromatic N) is 1.